The summed E-state index contributed by atoms with van der Waals surface area (Å²) in [6, 6.07) is 20.4. The van der Waals surface area contributed by atoms with E-state index >= 15 is 0 Å². The van der Waals surface area contributed by atoms with Gasteiger partial charge in [-0.3, -0.25) is 0 Å². The van der Waals surface area contributed by atoms with Gasteiger partial charge in [0.15, 0.2) is 11.5 Å². The molecule has 0 fully saturated rings. The van der Waals surface area contributed by atoms with E-state index in [-0.39, 0.29) is 0 Å². The van der Waals surface area contributed by atoms with Crippen molar-refractivity contribution in [2.24, 2.45) is 0 Å². The molecular weight excluding hydrogens is 496 g/mol. The summed E-state index contributed by atoms with van der Waals surface area (Å²) in [7, 11) is 3.31. The van der Waals surface area contributed by atoms with Crippen LogP contribution in [-0.4, -0.2) is 14.2 Å². The molecule has 4 aromatic rings. The lowest BCUT2D eigenvalue weighted by atomic mass is 9.97. The Morgan fingerprint density at radius 1 is 0.759 bits per heavy atom. The summed E-state index contributed by atoms with van der Waals surface area (Å²) in [6.07, 6.45) is 0. The van der Waals surface area contributed by atoms with E-state index in [0.717, 1.165) is 42.7 Å². The zero-order chi connectivity index (χ0) is 20.4. The molecule has 4 aromatic carbocycles. The van der Waals surface area contributed by atoms with E-state index in [0.29, 0.717) is 18.1 Å². The van der Waals surface area contributed by atoms with Crippen LogP contribution in [0.1, 0.15) is 11.1 Å². The Kier molecular flexibility index (Phi) is 5.97. The van der Waals surface area contributed by atoms with Gasteiger partial charge < -0.3 is 14.2 Å². The van der Waals surface area contributed by atoms with Gasteiger partial charge in [-0.25, -0.2) is 0 Å². The van der Waals surface area contributed by atoms with Crippen LogP contribution in [-0.2, 0) is 11.9 Å². The summed E-state index contributed by atoms with van der Waals surface area (Å²) in [6.45, 7) is 0.530. The minimum absolute atomic E-state index is 0.530. The Balaban J connectivity index is 1.88. The van der Waals surface area contributed by atoms with Gasteiger partial charge in [-0.2, -0.15) is 0 Å². The summed E-state index contributed by atoms with van der Waals surface area (Å²) >= 11 is 7.44. The Morgan fingerprint density at radius 2 is 1.41 bits per heavy atom. The molecule has 0 saturated carbocycles. The van der Waals surface area contributed by atoms with Crippen molar-refractivity contribution in [2.45, 2.75) is 11.9 Å². The molecule has 0 aliphatic rings. The van der Waals surface area contributed by atoms with Gasteiger partial charge in [0.05, 0.1) is 14.2 Å². The summed E-state index contributed by atoms with van der Waals surface area (Å²) < 4.78 is 18.2. The Labute approximate surface area is 186 Å². The molecule has 0 atom stereocenters. The number of methoxy groups -OCH3 is 2. The average Bonchev–Trinajstić information content (AvgIpc) is 2.77. The number of hydrogen-bond donors (Lipinski definition) is 0. The van der Waals surface area contributed by atoms with Gasteiger partial charge in [0.1, 0.15) is 12.4 Å². The van der Waals surface area contributed by atoms with Crippen LogP contribution in [0.25, 0.3) is 21.5 Å². The highest BCUT2D eigenvalue weighted by molar-refractivity contribution is 9.11. The third kappa shape index (κ3) is 3.81. The zero-order valence-electron chi connectivity index (χ0n) is 16.2. The molecule has 0 amide bonds. The quantitative estimate of drug-likeness (QED) is 0.200. The molecule has 148 valence electrons. The van der Waals surface area contributed by atoms with Crippen molar-refractivity contribution in [2.75, 3.05) is 14.2 Å². The van der Waals surface area contributed by atoms with E-state index in [2.05, 4.69) is 56.1 Å². The first-order chi connectivity index (χ1) is 14.2. The molecule has 0 aliphatic heterocycles. The first-order valence-corrected chi connectivity index (χ1v) is 11.1. The predicted octanol–water partition coefficient (Wildman–Crippen LogP) is 7.25. The van der Waals surface area contributed by atoms with Gasteiger partial charge in [-0.05, 0) is 78.9 Å². The van der Waals surface area contributed by atoms with Crippen molar-refractivity contribution >= 4 is 53.4 Å². The monoisotopic (exact) mass is 514 g/mol. The van der Waals surface area contributed by atoms with Crippen LogP contribution >= 0.6 is 31.9 Å². The minimum Gasteiger partial charge on any atom is -0.493 e. The maximum Gasteiger partial charge on any atom is 0.161 e. The fraction of sp³-hybridized carbons (Fsp3) is 0.167. The van der Waals surface area contributed by atoms with Gasteiger partial charge in [0.2, 0.25) is 0 Å². The van der Waals surface area contributed by atoms with Crippen LogP contribution in [0.2, 0.25) is 0 Å². The van der Waals surface area contributed by atoms with Gasteiger partial charge >= 0.3 is 0 Å². The van der Waals surface area contributed by atoms with Crippen molar-refractivity contribution in [3.05, 3.63) is 76.3 Å². The molecule has 0 aliphatic carbocycles. The lowest BCUT2D eigenvalue weighted by Gasteiger charge is -2.16. The van der Waals surface area contributed by atoms with E-state index in [1.807, 2.05) is 36.4 Å². The fourth-order valence-corrected chi connectivity index (χ4v) is 5.19. The second-order valence-corrected chi connectivity index (χ2v) is 8.01. The van der Waals surface area contributed by atoms with Crippen molar-refractivity contribution < 1.29 is 14.2 Å². The number of fused-ring (bicyclic) bond motifs is 3. The molecule has 0 heterocycles. The molecule has 0 bridgehead atoms. The summed E-state index contributed by atoms with van der Waals surface area (Å²) in [5.74, 6) is 2.25. The molecule has 0 spiro atoms. The highest BCUT2D eigenvalue weighted by atomic mass is 79.9. The van der Waals surface area contributed by atoms with Crippen LogP contribution in [0.4, 0.5) is 0 Å². The topological polar surface area (TPSA) is 27.7 Å². The lowest BCUT2D eigenvalue weighted by Crippen LogP contribution is -1.96. The van der Waals surface area contributed by atoms with Crippen LogP contribution in [0.3, 0.4) is 0 Å². The van der Waals surface area contributed by atoms with Crippen LogP contribution in [0, 0.1) is 0 Å². The smallest absolute Gasteiger partial charge is 0.161 e. The summed E-state index contributed by atoms with van der Waals surface area (Å²) in [4.78, 5) is 0. The Morgan fingerprint density at radius 3 is 2.07 bits per heavy atom. The summed E-state index contributed by atoms with van der Waals surface area (Å²) in [5, 5.41) is 5.16. The first-order valence-electron chi connectivity index (χ1n) is 9.18. The molecule has 0 N–H and O–H groups in total. The van der Waals surface area contributed by atoms with Crippen molar-refractivity contribution in [3.8, 4) is 17.2 Å². The standard InChI is InChI=1S/C24H20Br2O3/c1-27-22-11-19-18-10-16(29-14-15-6-4-3-5-7-15)8-9-17(18)24(26)21(13-25)20(19)12-23(22)28-2/h3-12H,13-14H2,1-2H3. The van der Waals surface area contributed by atoms with E-state index in [1.165, 1.54) is 5.56 Å². The molecular formula is C24H20Br2O3. The maximum atomic E-state index is 6.07. The number of halogens is 2. The van der Waals surface area contributed by atoms with Gasteiger partial charge in [0, 0.05) is 9.80 Å². The maximum absolute atomic E-state index is 6.07. The van der Waals surface area contributed by atoms with E-state index in [4.69, 9.17) is 14.2 Å². The van der Waals surface area contributed by atoms with E-state index in [1.54, 1.807) is 14.2 Å². The van der Waals surface area contributed by atoms with Crippen molar-refractivity contribution in [3.63, 3.8) is 0 Å². The largest absolute Gasteiger partial charge is 0.493 e. The van der Waals surface area contributed by atoms with Gasteiger partial charge in [-0.15, -0.1) is 0 Å². The summed E-state index contributed by atoms with van der Waals surface area (Å²) in [5.41, 5.74) is 2.31. The minimum atomic E-state index is 0.530. The zero-order valence-corrected chi connectivity index (χ0v) is 19.3. The van der Waals surface area contributed by atoms with Crippen LogP contribution < -0.4 is 14.2 Å². The average molecular weight is 516 g/mol. The SMILES string of the molecule is COc1cc2c(CBr)c(Br)c3ccc(OCc4ccccc4)cc3c2cc1OC. The van der Waals surface area contributed by atoms with Gasteiger partial charge in [0.25, 0.3) is 0 Å². The number of alkyl halides is 1. The van der Waals surface area contributed by atoms with Crippen LogP contribution in [0.5, 0.6) is 17.2 Å². The molecule has 29 heavy (non-hydrogen) atoms. The predicted molar refractivity (Wildman–Crippen MR) is 126 cm³/mol. The van der Waals surface area contributed by atoms with E-state index in [9.17, 15) is 0 Å². The third-order valence-electron chi connectivity index (χ3n) is 5.01. The molecule has 0 unspecified atom stereocenters. The third-order valence-corrected chi connectivity index (χ3v) is 6.48. The van der Waals surface area contributed by atoms with Crippen molar-refractivity contribution in [1.82, 2.24) is 0 Å². The second-order valence-electron chi connectivity index (χ2n) is 6.66. The van der Waals surface area contributed by atoms with Gasteiger partial charge in [-0.1, -0.05) is 46.3 Å². The fourth-order valence-electron chi connectivity index (χ4n) is 3.53. The van der Waals surface area contributed by atoms with Crippen LogP contribution in [0.15, 0.2) is 65.1 Å². The molecule has 5 heteroatoms. The Bertz CT molecular complexity index is 1170. The first kappa shape index (κ1) is 20.0. The number of benzene rings is 4. The van der Waals surface area contributed by atoms with E-state index < -0.39 is 0 Å². The van der Waals surface area contributed by atoms with Crippen molar-refractivity contribution in [1.29, 1.82) is 0 Å². The molecule has 0 radical (unpaired) electrons. The second kappa shape index (κ2) is 8.64. The molecule has 0 saturated heterocycles. The molecule has 3 nitrogen and oxygen atoms in total. The normalized spacial score (nSPS) is 11.0. The highest BCUT2D eigenvalue weighted by Gasteiger charge is 2.16. The number of ether oxygens (including phenoxy) is 3. The highest BCUT2D eigenvalue weighted by Crippen LogP contribution is 2.43. The number of hydrogen-bond acceptors (Lipinski definition) is 3. The number of rotatable bonds is 6. The molecule has 0 aromatic heterocycles. The lowest BCUT2D eigenvalue weighted by molar-refractivity contribution is 0.306. The molecule has 4 rings (SSSR count). The Hall–Kier alpha value is -2.24.